The molecule has 148 valence electrons. The number of anilines is 2. The summed E-state index contributed by atoms with van der Waals surface area (Å²) in [4.78, 5) is 21.1. The summed E-state index contributed by atoms with van der Waals surface area (Å²) in [5, 5.41) is 6.23. The highest BCUT2D eigenvalue weighted by Gasteiger charge is 2.07. The maximum Gasteiger partial charge on any atom is 0.251 e. The van der Waals surface area contributed by atoms with Crippen LogP contribution in [-0.4, -0.2) is 15.9 Å². The average molecular weight is 394 g/mol. The number of nitrogens with zero attached hydrogens (tertiary/aromatic N) is 2. The average Bonchev–Trinajstić information content (AvgIpc) is 2.80. The predicted octanol–water partition coefficient (Wildman–Crippen LogP) is 5.13. The van der Waals surface area contributed by atoms with Gasteiger partial charge in [-0.1, -0.05) is 54.6 Å². The quantitative estimate of drug-likeness (QED) is 0.476. The van der Waals surface area contributed by atoms with Crippen molar-refractivity contribution in [2.45, 2.75) is 13.5 Å². The Morgan fingerprint density at radius 2 is 1.60 bits per heavy atom. The van der Waals surface area contributed by atoms with Crippen LogP contribution in [0.1, 0.15) is 21.5 Å². The van der Waals surface area contributed by atoms with Crippen molar-refractivity contribution in [2.75, 3.05) is 5.32 Å². The van der Waals surface area contributed by atoms with Crippen LogP contribution in [0.2, 0.25) is 0 Å². The molecular formula is C25H22N4O. The first-order chi connectivity index (χ1) is 14.7. The van der Waals surface area contributed by atoms with Crippen LogP contribution in [0.5, 0.6) is 0 Å². The van der Waals surface area contributed by atoms with Crippen molar-refractivity contribution in [3.05, 3.63) is 108 Å². The molecule has 0 spiro atoms. The second kappa shape index (κ2) is 9.01. The minimum Gasteiger partial charge on any atom is -0.348 e. The van der Waals surface area contributed by atoms with Gasteiger partial charge in [0.05, 0.1) is 5.69 Å². The van der Waals surface area contributed by atoms with Crippen molar-refractivity contribution in [2.24, 2.45) is 0 Å². The second-order valence-corrected chi connectivity index (χ2v) is 6.97. The maximum absolute atomic E-state index is 12.4. The molecular weight excluding hydrogens is 372 g/mol. The van der Waals surface area contributed by atoms with Crippen molar-refractivity contribution in [3.8, 4) is 11.3 Å². The van der Waals surface area contributed by atoms with Gasteiger partial charge in [-0.3, -0.25) is 4.79 Å². The Labute approximate surface area is 175 Å². The van der Waals surface area contributed by atoms with E-state index < -0.39 is 0 Å². The number of carbonyl (C=O) groups is 1. The van der Waals surface area contributed by atoms with Gasteiger partial charge in [0.15, 0.2) is 0 Å². The van der Waals surface area contributed by atoms with Crippen LogP contribution in [0.25, 0.3) is 11.3 Å². The molecule has 5 nitrogen and oxygen atoms in total. The molecule has 0 bridgehead atoms. The van der Waals surface area contributed by atoms with E-state index in [-0.39, 0.29) is 5.91 Å². The van der Waals surface area contributed by atoms with Crippen molar-refractivity contribution in [3.63, 3.8) is 0 Å². The molecule has 2 N–H and O–H groups in total. The van der Waals surface area contributed by atoms with Crippen LogP contribution in [-0.2, 0) is 6.54 Å². The Morgan fingerprint density at radius 3 is 2.37 bits per heavy atom. The first kappa shape index (κ1) is 19.3. The lowest BCUT2D eigenvalue weighted by Crippen LogP contribution is -2.23. The van der Waals surface area contributed by atoms with Crippen molar-refractivity contribution >= 4 is 17.4 Å². The Bertz CT molecular complexity index is 1140. The van der Waals surface area contributed by atoms with Crippen LogP contribution in [0.15, 0.2) is 91.3 Å². The molecule has 0 saturated heterocycles. The number of amides is 1. The van der Waals surface area contributed by atoms with Gasteiger partial charge in [0.25, 0.3) is 5.91 Å². The van der Waals surface area contributed by atoms with E-state index in [2.05, 4.69) is 20.6 Å². The lowest BCUT2D eigenvalue weighted by atomic mass is 10.1. The third kappa shape index (κ3) is 4.70. The Morgan fingerprint density at radius 1 is 0.867 bits per heavy atom. The summed E-state index contributed by atoms with van der Waals surface area (Å²) in [5.74, 6) is 0.596. The summed E-state index contributed by atoms with van der Waals surface area (Å²) in [6, 6.07) is 27.2. The molecule has 30 heavy (non-hydrogen) atoms. The topological polar surface area (TPSA) is 66.9 Å². The molecule has 0 atom stereocenters. The normalized spacial score (nSPS) is 10.4. The Hall–Kier alpha value is -3.99. The van der Waals surface area contributed by atoms with Crippen LogP contribution in [0, 0.1) is 6.92 Å². The summed E-state index contributed by atoms with van der Waals surface area (Å²) in [5.41, 5.74) is 5.62. The summed E-state index contributed by atoms with van der Waals surface area (Å²) < 4.78 is 0. The monoisotopic (exact) mass is 394 g/mol. The van der Waals surface area contributed by atoms with Crippen LogP contribution < -0.4 is 10.6 Å². The number of benzene rings is 3. The molecule has 3 aromatic carbocycles. The van der Waals surface area contributed by atoms with Gasteiger partial charge in [-0.25, -0.2) is 9.97 Å². The molecule has 4 aromatic rings. The van der Waals surface area contributed by atoms with Gasteiger partial charge in [0.1, 0.15) is 12.1 Å². The first-order valence-corrected chi connectivity index (χ1v) is 9.76. The molecule has 0 radical (unpaired) electrons. The first-order valence-electron chi connectivity index (χ1n) is 9.76. The van der Waals surface area contributed by atoms with Crippen LogP contribution in [0.4, 0.5) is 11.5 Å². The van der Waals surface area contributed by atoms with E-state index in [4.69, 9.17) is 0 Å². The molecule has 0 aliphatic heterocycles. The maximum atomic E-state index is 12.4. The Kier molecular flexibility index (Phi) is 5.80. The number of hydrogen-bond acceptors (Lipinski definition) is 4. The van der Waals surface area contributed by atoms with E-state index in [1.807, 2.05) is 79.7 Å². The highest BCUT2D eigenvalue weighted by molar-refractivity contribution is 5.94. The molecule has 5 heteroatoms. The van der Waals surface area contributed by atoms with Crippen molar-refractivity contribution in [1.29, 1.82) is 0 Å². The third-order valence-corrected chi connectivity index (χ3v) is 4.86. The summed E-state index contributed by atoms with van der Waals surface area (Å²) in [6.45, 7) is 2.55. The van der Waals surface area contributed by atoms with Gasteiger partial charge in [0.2, 0.25) is 0 Å². The zero-order chi connectivity index (χ0) is 20.8. The number of carbonyl (C=O) groups excluding carboxylic acids is 1. The molecule has 1 amide bonds. The predicted molar refractivity (Wildman–Crippen MR) is 120 cm³/mol. The highest BCUT2D eigenvalue weighted by atomic mass is 16.1. The van der Waals surface area contributed by atoms with Crippen molar-refractivity contribution in [1.82, 2.24) is 15.3 Å². The van der Waals surface area contributed by atoms with E-state index in [1.54, 1.807) is 12.1 Å². The van der Waals surface area contributed by atoms with E-state index >= 15 is 0 Å². The van der Waals surface area contributed by atoms with E-state index in [9.17, 15) is 4.79 Å². The standard InChI is InChI=1S/C25H22N4O/c1-18-7-5-6-10-21(18)16-26-25(30)20-11-13-22(14-12-20)29-24-15-23(27-17-28-24)19-8-3-2-4-9-19/h2-15,17H,16H2,1H3,(H,26,30)(H,27,28,29). The molecule has 0 aliphatic carbocycles. The number of aryl methyl sites for hydroxylation is 1. The van der Waals surface area contributed by atoms with E-state index in [0.717, 1.165) is 28.1 Å². The minimum atomic E-state index is -0.0989. The molecule has 0 fully saturated rings. The lowest BCUT2D eigenvalue weighted by Gasteiger charge is -2.10. The molecule has 4 rings (SSSR count). The summed E-state index contributed by atoms with van der Waals surface area (Å²) in [6.07, 6.45) is 1.54. The highest BCUT2D eigenvalue weighted by Crippen LogP contribution is 2.21. The number of nitrogens with one attached hydrogen (secondary N) is 2. The molecule has 0 saturated carbocycles. The smallest absolute Gasteiger partial charge is 0.251 e. The summed E-state index contributed by atoms with van der Waals surface area (Å²) in [7, 11) is 0. The molecule has 1 heterocycles. The SMILES string of the molecule is Cc1ccccc1CNC(=O)c1ccc(Nc2cc(-c3ccccc3)ncn2)cc1. The number of aromatic nitrogens is 2. The fraction of sp³-hybridized carbons (Fsp3) is 0.0800. The van der Waals surface area contributed by atoms with Crippen molar-refractivity contribution < 1.29 is 4.79 Å². The largest absolute Gasteiger partial charge is 0.348 e. The van der Waals surface area contributed by atoms with Gasteiger partial charge in [-0.15, -0.1) is 0 Å². The van der Waals surface area contributed by atoms with Crippen LogP contribution in [0.3, 0.4) is 0 Å². The van der Waals surface area contributed by atoms with Gasteiger partial charge in [0, 0.05) is 29.4 Å². The summed E-state index contributed by atoms with van der Waals surface area (Å²) >= 11 is 0. The fourth-order valence-corrected chi connectivity index (χ4v) is 3.13. The van der Waals surface area contributed by atoms with Gasteiger partial charge in [-0.2, -0.15) is 0 Å². The zero-order valence-electron chi connectivity index (χ0n) is 16.7. The van der Waals surface area contributed by atoms with Gasteiger partial charge in [-0.05, 0) is 42.3 Å². The minimum absolute atomic E-state index is 0.0989. The second-order valence-electron chi connectivity index (χ2n) is 6.97. The van der Waals surface area contributed by atoms with Gasteiger partial charge < -0.3 is 10.6 Å². The zero-order valence-corrected chi connectivity index (χ0v) is 16.7. The third-order valence-electron chi connectivity index (χ3n) is 4.86. The molecule has 1 aromatic heterocycles. The lowest BCUT2D eigenvalue weighted by molar-refractivity contribution is 0.0951. The number of rotatable bonds is 6. The Balaban J connectivity index is 1.40. The number of hydrogen-bond donors (Lipinski definition) is 2. The fourth-order valence-electron chi connectivity index (χ4n) is 3.13. The molecule has 0 aliphatic rings. The van der Waals surface area contributed by atoms with Crippen LogP contribution >= 0.6 is 0 Å². The van der Waals surface area contributed by atoms with Gasteiger partial charge >= 0.3 is 0 Å². The van der Waals surface area contributed by atoms with E-state index in [1.165, 1.54) is 6.33 Å². The van der Waals surface area contributed by atoms with E-state index in [0.29, 0.717) is 17.9 Å². The molecule has 0 unspecified atom stereocenters.